The highest BCUT2D eigenvalue weighted by molar-refractivity contribution is 9.09. The number of Topliss-reactive ketones (excluding diaryl/α,β-unsaturated/α-hetero) is 1. The van der Waals surface area contributed by atoms with Crippen molar-refractivity contribution in [3.05, 3.63) is 23.8 Å². The minimum absolute atomic E-state index is 0.112. The average molecular weight is 231 g/mol. The predicted molar refractivity (Wildman–Crippen MR) is 47.9 cm³/mol. The van der Waals surface area contributed by atoms with Crippen LogP contribution in [0.25, 0.3) is 0 Å². The maximum Gasteiger partial charge on any atom is 0.173 e. The molecular formula is C8H7BrO3. The van der Waals surface area contributed by atoms with E-state index in [1.807, 2.05) is 0 Å². The third kappa shape index (κ3) is 1.98. The minimum Gasteiger partial charge on any atom is -0.508 e. The Hall–Kier alpha value is -1.03. The lowest BCUT2D eigenvalue weighted by Crippen LogP contribution is -1.98. The van der Waals surface area contributed by atoms with E-state index in [0.29, 0.717) is 5.56 Å². The predicted octanol–water partition coefficient (Wildman–Crippen LogP) is 1.68. The van der Waals surface area contributed by atoms with E-state index in [1.54, 1.807) is 0 Å². The molecule has 0 aliphatic heterocycles. The number of alkyl halides is 1. The Labute approximate surface area is 77.8 Å². The number of benzene rings is 1. The van der Waals surface area contributed by atoms with Gasteiger partial charge in [-0.1, -0.05) is 15.9 Å². The van der Waals surface area contributed by atoms with E-state index in [2.05, 4.69) is 15.9 Å². The summed E-state index contributed by atoms with van der Waals surface area (Å²) in [5.74, 6) is -0.403. The largest absolute Gasteiger partial charge is 0.508 e. The highest BCUT2D eigenvalue weighted by atomic mass is 79.9. The summed E-state index contributed by atoms with van der Waals surface area (Å²) < 4.78 is 0. The zero-order valence-corrected chi connectivity index (χ0v) is 7.71. The van der Waals surface area contributed by atoms with Crippen LogP contribution in [0.3, 0.4) is 0 Å². The van der Waals surface area contributed by atoms with Gasteiger partial charge in [0.15, 0.2) is 5.78 Å². The summed E-state index contributed by atoms with van der Waals surface area (Å²) in [6.45, 7) is 0. The molecule has 0 aliphatic rings. The summed E-state index contributed by atoms with van der Waals surface area (Å²) in [5, 5.41) is 18.2. The first-order chi connectivity index (χ1) is 5.63. The van der Waals surface area contributed by atoms with Crippen molar-refractivity contribution in [3.63, 3.8) is 0 Å². The molecule has 12 heavy (non-hydrogen) atoms. The Morgan fingerprint density at radius 1 is 1.25 bits per heavy atom. The number of carbonyl (C=O) groups excluding carboxylic acids is 1. The van der Waals surface area contributed by atoms with Crippen molar-refractivity contribution in [2.45, 2.75) is 0 Å². The van der Waals surface area contributed by atoms with Crippen molar-refractivity contribution in [1.82, 2.24) is 0 Å². The second-order valence-electron chi connectivity index (χ2n) is 2.29. The van der Waals surface area contributed by atoms with Crippen LogP contribution in [0, 0.1) is 0 Å². The monoisotopic (exact) mass is 230 g/mol. The Kier molecular flexibility index (Phi) is 2.70. The first-order valence-electron chi connectivity index (χ1n) is 3.25. The minimum atomic E-state index is -0.179. The molecule has 4 heteroatoms. The Morgan fingerprint density at radius 3 is 2.17 bits per heavy atom. The van der Waals surface area contributed by atoms with Crippen LogP contribution < -0.4 is 0 Å². The fourth-order valence-corrected chi connectivity index (χ4v) is 1.16. The van der Waals surface area contributed by atoms with E-state index in [9.17, 15) is 4.79 Å². The molecule has 0 spiro atoms. The number of aromatic hydroxyl groups is 2. The first kappa shape index (κ1) is 9.06. The molecule has 0 radical (unpaired) electrons. The highest BCUT2D eigenvalue weighted by Gasteiger charge is 2.06. The SMILES string of the molecule is O=C(CBr)c1cc(O)cc(O)c1. The second kappa shape index (κ2) is 3.58. The summed E-state index contributed by atoms with van der Waals surface area (Å²) in [6, 6.07) is 3.79. The molecule has 64 valence electrons. The van der Waals surface area contributed by atoms with E-state index in [1.165, 1.54) is 18.2 Å². The second-order valence-corrected chi connectivity index (χ2v) is 2.86. The van der Waals surface area contributed by atoms with Gasteiger partial charge in [-0.2, -0.15) is 0 Å². The molecule has 0 atom stereocenters. The van der Waals surface area contributed by atoms with Crippen LogP contribution in [0.1, 0.15) is 10.4 Å². The van der Waals surface area contributed by atoms with E-state index >= 15 is 0 Å². The van der Waals surface area contributed by atoms with Gasteiger partial charge in [0.1, 0.15) is 11.5 Å². The zero-order valence-electron chi connectivity index (χ0n) is 6.12. The Balaban J connectivity index is 3.08. The molecule has 0 aromatic heterocycles. The van der Waals surface area contributed by atoms with Gasteiger partial charge in [0.25, 0.3) is 0 Å². The third-order valence-electron chi connectivity index (χ3n) is 1.35. The van der Waals surface area contributed by atoms with Gasteiger partial charge < -0.3 is 10.2 Å². The van der Waals surface area contributed by atoms with Gasteiger partial charge in [0, 0.05) is 11.6 Å². The van der Waals surface area contributed by atoms with Crippen LogP contribution in [0.2, 0.25) is 0 Å². The van der Waals surface area contributed by atoms with Crippen LogP contribution >= 0.6 is 15.9 Å². The average Bonchev–Trinajstić information content (AvgIpc) is 2.01. The van der Waals surface area contributed by atoms with Crippen LogP contribution in [-0.2, 0) is 0 Å². The number of hydrogen-bond acceptors (Lipinski definition) is 3. The molecule has 1 rings (SSSR count). The van der Waals surface area contributed by atoms with Gasteiger partial charge >= 0.3 is 0 Å². The van der Waals surface area contributed by atoms with Gasteiger partial charge in [-0.15, -0.1) is 0 Å². The molecule has 0 unspecified atom stereocenters. The van der Waals surface area contributed by atoms with Gasteiger partial charge in [-0.25, -0.2) is 0 Å². The molecule has 0 saturated carbocycles. The topological polar surface area (TPSA) is 57.5 Å². The van der Waals surface area contributed by atoms with E-state index in [0.717, 1.165) is 0 Å². The number of ketones is 1. The summed E-state index contributed by atoms with van der Waals surface area (Å²) in [7, 11) is 0. The van der Waals surface area contributed by atoms with Crippen LogP contribution in [0.5, 0.6) is 11.5 Å². The lowest BCUT2D eigenvalue weighted by atomic mass is 10.1. The number of phenolic OH excluding ortho intramolecular Hbond substituents is 2. The lowest BCUT2D eigenvalue weighted by molar-refractivity contribution is 0.102. The fraction of sp³-hybridized carbons (Fsp3) is 0.125. The first-order valence-corrected chi connectivity index (χ1v) is 4.38. The molecule has 2 N–H and O–H groups in total. The molecule has 0 saturated heterocycles. The lowest BCUT2D eigenvalue weighted by Gasteiger charge is -1.99. The highest BCUT2D eigenvalue weighted by Crippen LogP contribution is 2.20. The maximum absolute atomic E-state index is 11.0. The number of rotatable bonds is 2. The number of hydrogen-bond donors (Lipinski definition) is 2. The summed E-state index contributed by atoms with van der Waals surface area (Å²) in [5.41, 5.74) is 0.296. The van der Waals surface area contributed by atoms with Gasteiger partial charge in [-0.05, 0) is 12.1 Å². The summed E-state index contributed by atoms with van der Waals surface area (Å²) >= 11 is 2.99. The van der Waals surface area contributed by atoms with E-state index in [4.69, 9.17) is 10.2 Å². The Morgan fingerprint density at radius 2 is 1.75 bits per heavy atom. The molecule has 1 aromatic carbocycles. The molecule has 1 aromatic rings. The summed E-state index contributed by atoms with van der Waals surface area (Å²) in [6.07, 6.45) is 0. The van der Waals surface area contributed by atoms with Crippen molar-refractivity contribution >= 4 is 21.7 Å². The quantitative estimate of drug-likeness (QED) is 0.601. The van der Waals surface area contributed by atoms with Crippen molar-refractivity contribution in [2.75, 3.05) is 5.33 Å². The molecule has 0 heterocycles. The standard InChI is InChI=1S/C8H7BrO3/c9-4-8(12)5-1-6(10)3-7(11)2-5/h1-3,10-11H,4H2. The van der Waals surface area contributed by atoms with Gasteiger partial charge in [0.2, 0.25) is 0 Å². The van der Waals surface area contributed by atoms with Crippen molar-refractivity contribution < 1.29 is 15.0 Å². The zero-order chi connectivity index (χ0) is 9.14. The van der Waals surface area contributed by atoms with Crippen LogP contribution in [-0.4, -0.2) is 21.3 Å². The van der Waals surface area contributed by atoms with Gasteiger partial charge in [-0.3, -0.25) is 4.79 Å². The van der Waals surface area contributed by atoms with Crippen LogP contribution in [0.15, 0.2) is 18.2 Å². The molecule has 0 aliphatic carbocycles. The van der Waals surface area contributed by atoms with E-state index < -0.39 is 0 Å². The molecule has 0 bridgehead atoms. The fourth-order valence-electron chi connectivity index (χ4n) is 0.833. The van der Waals surface area contributed by atoms with Crippen molar-refractivity contribution in [1.29, 1.82) is 0 Å². The Bertz CT molecular complexity index is 289. The van der Waals surface area contributed by atoms with Crippen molar-refractivity contribution in [3.8, 4) is 11.5 Å². The normalized spacial score (nSPS) is 9.75. The molecular weight excluding hydrogens is 224 g/mol. The molecule has 0 amide bonds. The number of carbonyl (C=O) groups is 1. The maximum atomic E-state index is 11.0. The molecule has 0 fully saturated rings. The van der Waals surface area contributed by atoms with Gasteiger partial charge in [0.05, 0.1) is 5.33 Å². The smallest absolute Gasteiger partial charge is 0.173 e. The third-order valence-corrected chi connectivity index (χ3v) is 1.86. The van der Waals surface area contributed by atoms with E-state index in [-0.39, 0.29) is 22.6 Å². The number of phenols is 2. The summed E-state index contributed by atoms with van der Waals surface area (Å²) in [4.78, 5) is 11.0. The molecule has 3 nitrogen and oxygen atoms in total. The van der Waals surface area contributed by atoms with Crippen molar-refractivity contribution in [2.24, 2.45) is 0 Å². The van der Waals surface area contributed by atoms with Crippen LogP contribution in [0.4, 0.5) is 0 Å². The number of halogens is 1.